The molecular formula is C43H68N2Ni. The summed E-state index contributed by atoms with van der Waals surface area (Å²) in [6.45, 7) is 9.13. The van der Waals surface area contributed by atoms with Gasteiger partial charge in [-0.1, -0.05) is 135 Å². The fourth-order valence-corrected chi connectivity index (χ4v) is 6.68. The second kappa shape index (κ2) is 26.0. The van der Waals surface area contributed by atoms with Crippen LogP contribution in [0.3, 0.4) is 0 Å². The van der Waals surface area contributed by atoms with Crippen LogP contribution in [0.1, 0.15) is 172 Å². The van der Waals surface area contributed by atoms with Gasteiger partial charge in [0, 0.05) is 22.3 Å². The van der Waals surface area contributed by atoms with Crippen molar-refractivity contribution in [1.82, 2.24) is 0 Å². The van der Waals surface area contributed by atoms with E-state index in [0.717, 1.165) is 37.1 Å². The molecular weight excluding hydrogens is 603 g/mol. The number of hydrogen-bond acceptors (Lipinski definition) is 0. The van der Waals surface area contributed by atoms with E-state index in [1.165, 1.54) is 143 Å². The molecule has 2 aromatic carbocycles. The molecule has 0 bridgehead atoms. The number of rotatable bonds is 23. The zero-order valence-corrected chi connectivity index (χ0v) is 31.7. The summed E-state index contributed by atoms with van der Waals surface area (Å²) >= 11 is 0. The maximum atomic E-state index is 12.1. The van der Waals surface area contributed by atoms with E-state index >= 15 is 0 Å². The Morgan fingerprint density at radius 1 is 0.457 bits per heavy atom. The third-order valence-electron chi connectivity index (χ3n) is 9.21. The molecule has 1 heterocycles. The molecule has 2 aromatic rings. The summed E-state index contributed by atoms with van der Waals surface area (Å²) in [4.78, 5) is 0. The molecule has 0 saturated carbocycles. The molecule has 0 amide bonds. The molecule has 2 nitrogen and oxygen atoms in total. The summed E-state index contributed by atoms with van der Waals surface area (Å²) < 4.78 is 1.59. The van der Waals surface area contributed by atoms with Gasteiger partial charge in [-0.2, -0.15) is 0 Å². The van der Waals surface area contributed by atoms with Crippen LogP contribution in [-0.2, 0) is 29.3 Å². The molecule has 260 valence electrons. The standard InChI is InChI=1S/C41H62N2.2CH3.Ni/c1-5-9-13-16-17-20-25-35-27-23-29-37(33-35)41-39(31-21-15-11-7-3)38(30-18-12-8-4)40(43(41)42)36-28-22-26-34(32-36)24-19-14-10-6-2;;;/h22-23,26-29,32-33H,5-21,24-25,30-31H2,1-4H3;2*1H3;/q;2*-1;+2. The van der Waals surface area contributed by atoms with E-state index in [9.17, 15) is 5.53 Å². The second-order valence-corrected chi connectivity index (χ2v) is 13.0. The normalized spacial score (nSPS) is 12.7. The Labute approximate surface area is 296 Å². The van der Waals surface area contributed by atoms with Crippen molar-refractivity contribution in [1.29, 1.82) is 0 Å². The van der Waals surface area contributed by atoms with Gasteiger partial charge in [-0.15, -0.1) is 0 Å². The fraction of sp³-hybridized carbons (Fsp3) is 0.581. The number of nitrogens with zero attached hydrogens (tertiary/aromatic N) is 2. The van der Waals surface area contributed by atoms with Gasteiger partial charge >= 0.3 is 16.5 Å². The number of hydrogen-bond donors (Lipinski definition) is 0. The molecule has 46 heavy (non-hydrogen) atoms. The molecule has 0 saturated heterocycles. The molecule has 0 aliphatic carbocycles. The molecule has 0 atom stereocenters. The Balaban J connectivity index is 0.00000675. The first-order valence-corrected chi connectivity index (χ1v) is 18.3. The Kier molecular flexibility index (Phi) is 24.9. The smallest absolute Gasteiger partial charge is 0.493 e. The maximum absolute atomic E-state index is 12.1. The molecule has 0 aromatic heterocycles. The second-order valence-electron chi connectivity index (χ2n) is 13.0. The Hall–Kier alpha value is -1.99. The van der Waals surface area contributed by atoms with E-state index in [1.54, 1.807) is 4.70 Å². The van der Waals surface area contributed by atoms with E-state index in [0.29, 0.717) is 0 Å². The summed E-state index contributed by atoms with van der Waals surface area (Å²) in [6, 6.07) is 18.1. The molecule has 0 unspecified atom stereocenters. The SMILES string of the molecule is CCCCCCCCc1cccc(C2=C(CCCCCC)C(CCCCC)=C(c3cccc(CCCCCC)c3)[N+]2=[N-])c1.[CH3-].[CH3-].[Ni+2]. The first kappa shape index (κ1) is 44.0. The Morgan fingerprint density at radius 3 is 1.22 bits per heavy atom. The predicted octanol–water partition coefficient (Wildman–Crippen LogP) is 14.3. The van der Waals surface area contributed by atoms with Crippen LogP contribution in [0.15, 0.2) is 59.7 Å². The summed E-state index contributed by atoms with van der Waals surface area (Å²) in [6.07, 6.45) is 25.9. The van der Waals surface area contributed by atoms with Gasteiger partial charge in [0.2, 0.25) is 11.4 Å². The van der Waals surface area contributed by atoms with E-state index in [1.807, 2.05) is 0 Å². The van der Waals surface area contributed by atoms with Crippen LogP contribution < -0.4 is 0 Å². The van der Waals surface area contributed by atoms with Gasteiger partial charge in [0.1, 0.15) is 0 Å². The average molecular weight is 672 g/mol. The summed E-state index contributed by atoms with van der Waals surface area (Å²) in [5, 5.41) is 0. The van der Waals surface area contributed by atoms with Crippen LogP contribution in [0.5, 0.6) is 0 Å². The van der Waals surface area contributed by atoms with Gasteiger partial charge in [-0.25, -0.2) is 4.70 Å². The van der Waals surface area contributed by atoms with Crippen molar-refractivity contribution in [3.8, 4) is 0 Å². The first-order chi connectivity index (χ1) is 21.1. The third-order valence-corrected chi connectivity index (χ3v) is 9.21. The summed E-state index contributed by atoms with van der Waals surface area (Å²) in [7, 11) is 0. The van der Waals surface area contributed by atoms with Crippen molar-refractivity contribution in [2.24, 2.45) is 0 Å². The zero-order valence-electron chi connectivity index (χ0n) is 30.7. The van der Waals surface area contributed by atoms with Crippen LogP contribution in [0.25, 0.3) is 16.9 Å². The predicted molar refractivity (Wildman–Crippen MR) is 201 cm³/mol. The van der Waals surface area contributed by atoms with Gasteiger partial charge in [-0.3, -0.25) is 0 Å². The number of aryl methyl sites for hydroxylation is 2. The van der Waals surface area contributed by atoms with Crippen LogP contribution in [0, 0.1) is 14.9 Å². The molecule has 1 aliphatic heterocycles. The van der Waals surface area contributed by atoms with Crippen LogP contribution in [0.4, 0.5) is 0 Å². The van der Waals surface area contributed by atoms with Crippen molar-refractivity contribution < 1.29 is 21.2 Å². The first-order valence-electron chi connectivity index (χ1n) is 18.3. The van der Waals surface area contributed by atoms with Crippen molar-refractivity contribution in [2.45, 2.75) is 163 Å². The minimum Gasteiger partial charge on any atom is -0.493 e. The monoisotopic (exact) mass is 670 g/mol. The minimum absolute atomic E-state index is 0. The largest absolute Gasteiger partial charge is 2.00 e. The molecule has 1 aliphatic rings. The fourth-order valence-electron chi connectivity index (χ4n) is 6.68. The van der Waals surface area contributed by atoms with Crippen LogP contribution in [0.2, 0.25) is 0 Å². The topological polar surface area (TPSA) is 25.3 Å². The number of allylic oxidation sites excluding steroid dienone is 2. The minimum atomic E-state index is 0. The van der Waals surface area contributed by atoms with Crippen molar-refractivity contribution in [3.05, 3.63) is 102 Å². The van der Waals surface area contributed by atoms with Gasteiger partial charge in [-0.05, 0) is 86.8 Å². The summed E-state index contributed by atoms with van der Waals surface area (Å²) in [5.41, 5.74) is 22.1. The van der Waals surface area contributed by atoms with Gasteiger partial charge in [0.05, 0.1) is 0 Å². The van der Waals surface area contributed by atoms with Gasteiger partial charge in [0.15, 0.2) is 0 Å². The molecule has 3 heteroatoms. The molecule has 0 radical (unpaired) electrons. The Bertz CT molecular complexity index is 1170. The van der Waals surface area contributed by atoms with Gasteiger partial charge < -0.3 is 20.4 Å². The number of benzene rings is 2. The van der Waals surface area contributed by atoms with E-state index < -0.39 is 0 Å². The quantitative estimate of drug-likeness (QED) is 0.0486. The van der Waals surface area contributed by atoms with E-state index in [2.05, 4.69) is 76.2 Å². The third kappa shape index (κ3) is 14.0. The van der Waals surface area contributed by atoms with Crippen LogP contribution >= 0.6 is 0 Å². The average Bonchev–Trinajstić information content (AvgIpc) is 3.30. The molecule has 0 fully saturated rings. The van der Waals surface area contributed by atoms with Crippen molar-refractivity contribution in [2.75, 3.05) is 0 Å². The van der Waals surface area contributed by atoms with Crippen LogP contribution in [-0.4, -0.2) is 4.70 Å². The maximum Gasteiger partial charge on any atom is 2.00 e. The summed E-state index contributed by atoms with van der Waals surface area (Å²) in [5.74, 6) is 0. The zero-order chi connectivity index (χ0) is 30.7. The molecule has 0 N–H and O–H groups in total. The molecule has 3 rings (SSSR count). The number of unbranched alkanes of at least 4 members (excludes halogenated alkanes) is 13. The Morgan fingerprint density at radius 2 is 0.783 bits per heavy atom. The van der Waals surface area contributed by atoms with Gasteiger partial charge in [0.25, 0.3) is 0 Å². The van der Waals surface area contributed by atoms with E-state index in [4.69, 9.17) is 0 Å². The van der Waals surface area contributed by atoms with Crippen molar-refractivity contribution >= 4 is 11.4 Å². The molecule has 0 spiro atoms. The van der Waals surface area contributed by atoms with Crippen molar-refractivity contribution in [3.63, 3.8) is 0 Å². The van der Waals surface area contributed by atoms with E-state index in [-0.39, 0.29) is 31.3 Å².